The van der Waals surface area contributed by atoms with Crippen LogP contribution in [0.3, 0.4) is 0 Å². The SMILES string of the molecule is COC(=O)C1(N)CCCC1CCN(C)C1CCC(C)CC1. The number of carbonyl (C=O) groups excluding carboxylic acids is 1. The van der Waals surface area contributed by atoms with Gasteiger partial charge in [0.05, 0.1) is 7.11 Å². The molecule has 0 amide bonds. The smallest absolute Gasteiger partial charge is 0.326 e. The zero-order valence-electron chi connectivity index (χ0n) is 13.9. The molecule has 2 saturated carbocycles. The fraction of sp³-hybridized carbons (Fsp3) is 0.941. The third-order valence-electron chi connectivity index (χ3n) is 5.88. The molecule has 2 N–H and O–H groups in total. The summed E-state index contributed by atoms with van der Waals surface area (Å²) >= 11 is 0. The lowest BCUT2D eigenvalue weighted by Crippen LogP contribution is -2.52. The highest BCUT2D eigenvalue weighted by Gasteiger charge is 2.46. The Morgan fingerprint density at radius 3 is 2.57 bits per heavy atom. The zero-order valence-corrected chi connectivity index (χ0v) is 13.9. The lowest BCUT2D eigenvalue weighted by molar-refractivity contribution is -0.148. The minimum atomic E-state index is -0.739. The quantitative estimate of drug-likeness (QED) is 0.792. The molecule has 0 heterocycles. The number of nitrogens with zero attached hydrogens (tertiary/aromatic N) is 1. The van der Waals surface area contributed by atoms with E-state index in [1.807, 2.05) is 0 Å². The Kier molecular flexibility index (Phi) is 5.67. The highest BCUT2D eigenvalue weighted by Crippen LogP contribution is 2.37. The monoisotopic (exact) mass is 296 g/mol. The highest BCUT2D eigenvalue weighted by molar-refractivity contribution is 5.81. The van der Waals surface area contributed by atoms with Crippen molar-refractivity contribution < 1.29 is 9.53 Å². The molecule has 2 unspecified atom stereocenters. The fourth-order valence-corrected chi connectivity index (χ4v) is 4.19. The maximum absolute atomic E-state index is 12.0. The Balaban J connectivity index is 1.83. The summed E-state index contributed by atoms with van der Waals surface area (Å²) in [4.78, 5) is 14.5. The van der Waals surface area contributed by atoms with Crippen molar-refractivity contribution in [3.63, 3.8) is 0 Å². The van der Waals surface area contributed by atoms with Crippen LogP contribution in [0.4, 0.5) is 0 Å². The molecule has 21 heavy (non-hydrogen) atoms. The molecule has 0 spiro atoms. The van der Waals surface area contributed by atoms with Crippen molar-refractivity contribution in [1.29, 1.82) is 0 Å². The van der Waals surface area contributed by atoms with Crippen LogP contribution < -0.4 is 5.73 Å². The second-order valence-corrected chi connectivity index (χ2v) is 7.30. The van der Waals surface area contributed by atoms with E-state index in [4.69, 9.17) is 10.5 Å². The molecule has 0 aliphatic heterocycles. The third-order valence-corrected chi connectivity index (χ3v) is 5.88. The molecule has 2 fully saturated rings. The largest absolute Gasteiger partial charge is 0.468 e. The van der Waals surface area contributed by atoms with E-state index in [1.54, 1.807) is 0 Å². The van der Waals surface area contributed by atoms with E-state index in [2.05, 4.69) is 18.9 Å². The molecule has 4 heteroatoms. The summed E-state index contributed by atoms with van der Waals surface area (Å²) in [5.41, 5.74) is 5.61. The van der Waals surface area contributed by atoms with Crippen molar-refractivity contribution in [2.45, 2.75) is 69.9 Å². The van der Waals surface area contributed by atoms with Crippen molar-refractivity contribution in [2.24, 2.45) is 17.6 Å². The first-order valence-electron chi connectivity index (χ1n) is 8.55. The summed E-state index contributed by atoms with van der Waals surface area (Å²) in [6.07, 6.45) is 9.20. The van der Waals surface area contributed by atoms with Crippen LogP contribution in [0, 0.1) is 11.8 Å². The fourth-order valence-electron chi connectivity index (χ4n) is 4.19. The molecule has 122 valence electrons. The zero-order chi connectivity index (χ0) is 15.5. The first-order valence-corrected chi connectivity index (χ1v) is 8.55. The molecule has 2 rings (SSSR count). The Bertz CT molecular complexity index is 353. The molecule has 0 aromatic rings. The second kappa shape index (κ2) is 7.10. The van der Waals surface area contributed by atoms with Gasteiger partial charge in [-0.3, -0.25) is 4.79 Å². The number of methoxy groups -OCH3 is 1. The number of esters is 1. The molecular formula is C17H32N2O2. The van der Waals surface area contributed by atoms with Crippen molar-refractivity contribution >= 4 is 5.97 Å². The Morgan fingerprint density at radius 2 is 1.95 bits per heavy atom. The van der Waals surface area contributed by atoms with Crippen molar-refractivity contribution in [3.05, 3.63) is 0 Å². The number of nitrogens with two attached hydrogens (primary N) is 1. The van der Waals surface area contributed by atoms with E-state index in [1.165, 1.54) is 32.8 Å². The van der Waals surface area contributed by atoms with E-state index in [-0.39, 0.29) is 11.9 Å². The number of rotatable bonds is 5. The van der Waals surface area contributed by atoms with Gasteiger partial charge in [-0.2, -0.15) is 0 Å². The molecule has 0 radical (unpaired) electrons. The topological polar surface area (TPSA) is 55.6 Å². The first-order chi connectivity index (χ1) is 9.97. The van der Waals surface area contributed by atoms with E-state index in [0.29, 0.717) is 6.04 Å². The molecule has 4 nitrogen and oxygen atoms in total. The maximum atomic E-state index is 12.0. The summed E-state index contributed by atoms with van der Waals surface area (Å²) in [7, 11) is 3.67. The standard InChI is InChI=1S/C17H32N2O2/c1-13-6-8-15(9-7-13)19(2)12-10-14-5-4-11-17(14,18)16(20)21-3/h13-15H,4-12,18H2,1-3H3. The lowest BCUT2D eigenvalue weighted by atomic mass is 9.84. The van der Waals surface area contributed by atoms with E-state index >= 15 is 0 Å². The van der Waals surface area contributed by atoms with Crippen LogP contribution in [0.25, 0.3) is 0 Å². The van der Waals surface area contributed by atoms with Crippen LogP contribution >= 0.6 is 0 Å². The van der Waals surface area contributed by atoms with Gasteiger partial charge in [0.15, 0.2) is 0 Å². The van der Waals surface area contributed by atoms with Gasteiger partial charge in [-0.15, -0.1) is 0 Å². The number of hydrogen-bond donors (Lipinski definition) is 1. The number of ether oxygens (including phenoxy) is 1. The van der Waals surface area contributed by atoms with Gasteiger partial charge < -0.3 is 15.4 Å². The summed E-state index contributed by atoms with van der Waals surface area (Å²) < 4.78 is 4.92. The van der Waals surface area contributed by atoms with Crippen LogP contribution in [0.5, 0.6) is 0 Å². The Labute approximate surface area is 129 Å². The molecule has 2 atom stereocenters. The van der Waals surface area contributed by atoms with Crippen LogP contribution in [0.15, 0.2) is 0 Å². The van der Waals surface area contributed by atoms with E-state index in [0.717, 1.165) is 38.1 Å². The van der Waals surface area contributed by atoms with Crippen molar-refractivity contribution in [1.82, 2.24) is 4.90 Å². The van der Waals surface area contributed by atoms with Gasteiger partial charge in [-0.1, -0.05) is 13.3 Å². The molecule has 0 aromatic heterocycles. The van der Waals surface area contributed by atoms with Gasteiger partial charge in [0.25, 0.3) is 0 Å². The van der Waals surface area contributed by atoms with E-state index < -0.39 is 5.54 Å². The number of hydrogen-bond acceptors (Lipinski definition) is 4. The third kappa shape index (κ3) is 3.78. The summed E-state index contributed by atoms with van der Waals surface area (Å²) in [5, 5.41) is 0. The highest BCUT2D eigenvalue weighted by atomic mass is 16.5. The number of carbonyl (C=O) groups is 1. The lowest BCUT2D eigenvalue weighted by Gasteiger charge is -2.35. The summed E-state index contributed by atoms with van der Waals surface area (Å²) in [6.45, 7) is 3.40. The minimum Gasteiger partial charge on any atom is -0.468 e. The normalized spacial score (nSPS) is 36.9. The van der Waals surface area contributed by atoms with Crippen molar-refractivity contribution in [3.8, 4) is 0 Å². The van der Waals surface area contributed by atoms with Gasteiger partial charge in [0.1, 0.15) is 5.54 Å². The van der Waals surface area contributed by atoms with Crippen LogP contribution in [-0.2, 0) is 9.53 Å². The average molecular weight is 296 g/mol. The van der Waals surface area contributed by atoms with Crippen molar-refractivity contribution in [2.75, 3.05) is 20.7 Å². The predicted octanol–water partition coefficient (Wildman–Crippen LogP) is 2.56. The van der Waals surface area contributed by atoms with Gasteiger partial charge in [-0.05, 0) is 70.4 Å². The van der Waals surface area contributed by atoms with E-state index in [9.17, 15) is 4.79 Å². The van der Waals surface area contributed by atoms with Crippen LogP contribution in [-0.4, -0.2) is 43.2 Å². The van der Waals surface area contributed by atoms with Crippen LogP contribution in [0.2, 0.25) is 0 Å². The Hall–Kier alpha value is -0.610. The van der Waals surface area contributed by atoms with Gasteiger partial charge >= 0.3 is 5.97 Å². The molecule has 0 saturated heterocycles. The molecule has 0 aromatic carbocycles. The van der Waals surface area contributed by atoms with Gasteiger partial charge in [0.2, 0.25) is 0 Å². The Morgan fingerprint density at radius 1 is 1.29 bits per heavy atom. The maximum Gasteiger partial charge on any atom is 0.326 e. The summed E-state index contributed by atoms with van der Waals surface area (Å²) in [6, 6.07) is 0.716. The second-order valence-electron chi connectivity index (χ2n) is 7.30. The molecule has 0 bridgehead atoms. The van der Waals surface area contributed by atoms with Gasteiger partial charge in [-0.25, -0.2) is 0 Å². The average Bonchev–Trinajstić information content (AvgIpc) is 2.87. The minimum absolute atomic E-state index is 0.223. The summed E-state index contributed by atoms with van der Waals surface area (Å²) in [5.74, 6) is 0.939. The first kappa shape index (κ1) is 16.8. The van der Waals surface area contributed by atoms with Crippen LogP contribution in [0.1, 0.15) is 58.3 Å². The predicted molar refractivity (Wildman–Crippen MR) is 84.9 cm³/mol. The molecule has 2 aliphatic rings. The molecular weight excluding hydrogens is 264 g/mol. The molecule has 2 aliphatic carbocycles. The van der Waals surface area contributed by atoms with Gasteiger partial charge in [0, 0.05) is 6.04 Å².